The maximum Gasteiger partial charge on any atom is 0.0478 e. The van der Waals surface area contributed by atoms with E-state index in [1.807, 2.05) is 12.1 Å². The number of nitrogens with two attached hydrogens (primary N) is 1. The number of nitrogens with zero attached hydrogens (tertiary/aromatic N) is 2. The van der Waals surface area contributed by atoms with E-state index in [2.05, 4.69) is 53.2 Å². The molecule has 0 bridgehead atoms. The van der Waals surface area contributed by atoms with Gasteiger partial charge in [-0.3, -0.25) is 4.90 Å². The van der Waals surface area contributed by atoms with Crippen molar-refractivity contribution in [3.63, 3.8) is 0 Å². The van der Waals surface area contributed by atoms with Crippen LogP contribution in [0.3, 0.4) is 0 Å². The highest BCUT2D eigenvalue weighted by molar-refractivity contribution is 5.85. The highest BCUT2D eigenvalue weighted by Gasteiger charge is 2.36. The summed E-state index contributed by atoms with van der Waals surface area (Å²) >= 11 is 0. The summed E-state index contributed by atoms with van der Waals surface area (Å²) in [7, 11) is 2.23. The molecule has 2 aromatic rings. The van der Waals surface area contributed by atoms with Crippen LogP contribution < -0.4 is 5.73 Å². The summed E-state index contributed by atoms with van der Waals surface area (Å²) in [6, 6.07) is 17.9. The van der Waals surface area contributed by atoms with Crippen molar-refractivity contribution in [2.75, 3.05) is 39.0 Å². The quantitative estimate of drug-likeness (QED) is 0.784. The van der Waals surface area contributed by atoms with Crippen molar-refractivity contribution in [1.29, 1.82) is 0 Å². The van der Waals surface area contributed by atoms with E-state index in [9.17, 15) is 0 Å². The molecule has 2 atom stereocenters. The number of fused-ring (bicyclic) bond motifs is 3. The summed E-state index contributed by atoms with van der Waals surface area (Å²) in [5.74, 6) is 0.455. The van der Waals surface area contributed by atoms with Gasteiger partial charge in [-0.1, -0.05) is 36.4 Å². The molecule has 2 N–H and O–H groups in total. The van der Waals surface area contributed by atoms with Crippen molar-refractivity contribution in [1.82, 2.24) is 9.80 Å². The van der Waals surface area contributed by atoms with Gasteiger partial charge in [0.2, 0.25) is 0 Å². The third kappa shape index (κ3) is 3.40. The lowest BCUT2D eigenvalue weighted by atomic mass is 9.80. The SMILES string of the molecule is CN1CCN2C[C@@H](c3ccc(N)cc3)c3ccccc3[C@@H]2C1.Cl.Cl. The van der Waals surface area contributed by atoms with Gasteiger partial charge in [-0.2, -0.15) is 0 Å². The third-order valence-electron chi connectivity index (χ3n) is 5.18. The Hall–Kier alpha value is -1.26. The number of hydrogen-bond acceptors (Lipinski definition) is 3. The molecule has 2 aliphatic heterocycles. The van der Waals surface area contributed by atoms with E-state index < -0.39 is 0 Å². The van der Waals surface area contributed by atoms with Crippen LogP contribution in [0.1, 0.15) is 28.7 Å². The van der Waals surface area contributed by atoms with Crippen LogP contribution in [0.15, 0.2) is 48.5 Å². The number of anilines is 1. The number of nitrogen functional groups attached to an aromatic ring is 1. The Morgan fingerprint density at radius 2 is 1.54 bits per heavy atom. The minimum atomic E-state index is 0. The fourth-order valence-electron chi connectivity index (χ4n) is 3.95. The molecule has 0 radical (unpaired) electrons. The van der Waals surface area contributed by atoms with Crippen LogP contribution in [0.4, 0.5) is 5.69 Å². The van der Waals surface area contributed by atoms with Gasteiger partial charge in [-0.15, -0.1) is 24.8 Å². The van der Waals surface area contributed by atoms with Gasteiger partial charge in [0, 0.05) is 43.8 Å². The highest BCUT2D eigenvalue weighted by atomic mass is 35.5. The molecule has 1 fully saturated rings. The Labute approximate surface area is 156 Å². The predicted octanol–water partition coefficient (Wildman–Crippen LogP) is 3.55. The predicted molar refractivity (Wildman–Crippen MR) is 105 cm³/mol. The van der Waals surface area contributed by atoms with Crippen LogP contribution in [0.5, 0.6) is 0 Å². The first kappa shape index (κ1) is 19.1. The third-order valence-corrected chi connectivity index (χ3v) is 5.18. The summed E-state index contributed by atoms with van der Waals surface area (Å²) in [4.78, 5) is 5.10. The number of piperazine rings is 1. The number of benzene rings is 2. The molecular formula is C19H25Cl2N3. The van der Waals surface area contributed by atoms with Crippen LogP contribution in [0.2, 0.25) is 0 Å². The second-order valence-corrected chi connectivity index (χ2v) is 6.62. The van der Waals surface area contributed by atoms with Gasteiger partial charge in [-0.05, 0) is 35.9 Å². The molecule has 0 unspecified atom stereocenters. The zero-order valence-electron chi connectivity index (χ0n) is 13.9. The van der Waals surface area contributed by atoms with E-state index in [1.165, 1.54) is 16.7 Å². The summed E-state index contributed by atoms with van der Waals surface area (Å²) in [6.45, 7) is 4.55. The van der Waals surface area contributed by atoms with Crippen LogP contribution in [0.25, 0.3) is 0 Å². The van der Waals surface area contributed by atoms with Gasteiger partial charge < -0.3 is 10.6 Å². The van der Waals surface area contributed by atoms with E-state index in [0.29, 0.717) is 12.0 Å². The summed E-state index contributed by atoms with van der Waals surface area (Å²) in [5.41, 5.74) is 11.1. The normalized spacial score (nSPS) is 23.4. The Balaban J connectivity index is 0.00000104. The van der Waals surface area contributed by atoms with Crippen molar-refractivity contribution in [3.8, 4) is 0 Å². The standard InChI is InChI=1S/C19H23N3.2ClH/c1-21-10-11-22-12-18(14-6-8-15(20)9-7-14)16-4-2-3-5-17(16)19(22)13-21;;/h2-9,18-19H,10-13,20H2,1H3;2*1H/t18-,19-;;/m0../s1. The number of rotatable bonds is 1. The molecule has 5 heteroatoms. The van der Waals surface area contributed by atoms with E-state index in [-0.39, 0.29) is 24.8 Å². The van der Waals surface area contributed by atoms with E-state index in [1.54, 1.807) is 0 Å². The van der Waals surface area contributed by atoms with Crippen molar-refractivity contribution in [3.05, 3.63) is 65.2 Å². The largest absolute Gasteiger partial charge is 0.399 e. The van der Waals surface area contributed by atoms with Gasteiger partial charge in [0.1, 0.15) is 0 Å². The number of hydrogen-bond donors (Lipinski definition) is 1. The Kier molecular flexibility index (Phi) is 6.16. The summed E-state index contributed by atoms with van der Waals surface area (Å²) < 4.78 is 0. The van der Waals surface area contributed by atoms with Gasteiger partial charge >= 0.3 is 0 Å². The van der Waals surface area contributed by atoms with Crippen LogP contribution in [-0.4, -0.2) is 43.0 Å². The maximum atomic E-state index is 5.86. The van der Waals surface area contributed by atoms with Gasteiger partial charge in [-0.25, -0.2) is 0 Å². The molecule has 2 heterocycles. The number of likely N-dealkylation sites (N-methyl/N-ethyl adjacent to an activating group) is 1. The first-order valence-corrected chi connectivity index (χ1v) is 8.09. The Bertz CT molecular complexity index is 675. The minimum absolute atomic E-state index is 0. The fourth-order valence-corrected chi connectivity index (χ4v) is 3.95. The van der Waals surface area contributed by atoms with Crippen LogP contribution in [-0.2, 0) is 0 Å². The first-order chi connectivity index (χ1) is 10.7. The monoisotopic (exact) mass is 365 g/mol. The van der Waals surface area contributed by atoms with Crippen molar-refractivity contribution in [2.45, 2.75) is 12.0 Å². The smallest absolute Gasteiger partial charge is 0.0478 e. The minimum Gasteiger partial charge on any atom is -0.399 e. The van der Waals surface area contributed by atoms with Gasteiger partial charge in [0.25, 0.3) is 0 Å². The second kappa shape index (κ2) is 7.75. The summed E-state index contributed by atoms with van der Waals surface area (Å²) in [5, 5.41) is 0. The lowest BCUT2D eigenvalue weighted by molar-refractivity contribution is 0.0772. The molecule has 0 saturated carbocycles. The molecular weight excluding hydrogens is 341 g/mol. The number of halogens is 2. The highest BCUT2D eigenvalue weighted by Crippen LogP contribution is 2.40. The zero-order valence-corrected chi connectivity index (χ0v) is 15.5. The Morgan fingerprint density at radius 3 is 2.25 bits per heavy atom. The van der Waals surface area contributed by atoms with Crippen molar-refractivity contribution in [2.24, 2.45) is 0 Å². The lowest BCUT2D eigenvalue weighted by Gasteiger charge is -2.46. The average molecular weight is 366 g/mol. The second-order valence-electron chi connectivity index (χ2n) is 6.62. The molecule has 4 rings (SSSR count). The molecule has 1 saturated heterocycles. The molecule has 3 nitrogen and oxygen atoms in total. The molecule has 0 spiro atoms. The molecule has 24 heavy (non-hydrogen) atoms. The maximum absolute atomic E-state index is 5.86. The van der Waals surface area contributed by atoms with Gasteiger partial charge in [0.05, 0.1) is 0 Å². The van der Waals surface area contributed by atoms with Crippen LogP contribution >= 0.6 is 24.8 Å². The summed E-state index contributed by atoms with van der Waals surface area (Å²) in [6.07, 6.45) is 0. The molecule has 130 valence electrons. The van der Waals surface area contributed by atoms with Gasteiger partial charge in [0.15, 0.2) is 0 Å². The lowest BCUT2D eigenvalue weighted by Crippen LogP contribution is -2.50. The van der Waals surface area contributed by atoms with Crippen LogP contribution in [0, 0.1) is 0 Å². The average Bonchev–Trinajstić information content (AvgIpc) is 2.55. The molecule has 0 aromatic heterocycles. The van der Waals surface area contributed by atoms with Crippen molar-refractivity contribution >= 4 is 30.5 Å². The molecule has 0 aliphatic carbocycles. The van der Waals surface area contributed by atoms with E-state index in [4.69, 9.17) is 5.73 Å². The van der Waals surface area contributed by atoms with E-state index in [0.717, 1.165) is 31.9 Å². The molecule has 0 amide bonds. The Morgan fingerprint density at radius 1 is 0.875 bits per heavy atom. The van der Waals surface area contributed by atoms with E-state index >= 15 is 0 Å². The topological polar surface area (TPSA) is 32.5 Å². The molecule has 2 aromatic carbocycles. The van der Waals surface area contributed by atoms with Crippen molar-refractivity contribution < 1.29 is 0 Å². The first-order valence-electron chi connectivity index (χ1n) is 8.09. The zero-order chi connectivity index (χ0) is 15.1. The molecule has 2 aliphatic rings. The fraction of sp³-hybridized carbons (Fsp3) is 0.368.